The van der Waals surface area contributed by atoms with Crippen molar-refractivity contribution in [3.05, 3.63) is 64.2 Å². The molecule has 0 saturated heterocycles. The van der Waals surface area contributed by atoms with Gasteiger partial charge in [0.2, 0.25) is 9.84 Å². The lowest BCUT2D eigenvalue weighted by molar-refractivity contribution is -0.143. The molecule has 11 heteroatoms. The van der Waals surface area contributed by atoms with Crippen LogP contribution in [0.5, 0.6) is 0 Å². The minimum atomic E-state index is -5.64. The number of hydrogen-bond donors (Lipinski definition) is 0. The summed E-state index contributed by atoms with van der Waals surface area (Å²) < 4.78 is 132. The van der Waals surface area contributed by atoms with E-state index in [0.29, 0.717) is 12.8 Å². The zero-order valence-corrected chi connectivity index (χ0v) is 16.9. The molecule has 2 aliphatic carbocycles. The molecular formula is C21H14F8O2S. The fourth-order valence-corrected chi connectivity index (χ4v) is 4.82. The maximum absolute atomic E-state index is 14.7. The number of rotatable bonds is 4. The van der Waals surface area contributed by atoms with Gasteiger partial charge in [-0.25, -0.2) is 30.4 Å². The Kier molecular flexibility index (Phi) is 5.19. The maximum Gasteiger partial charge on any atom is 0.422 e. The summed E-state index contributed by atoms with van der Waals surface area (Å²) in [6, 6.07) is 3.03. The Labute approximate surface area is 177 Å². The Morgan fingerprint density at radius 1 is 0.812 bits per heavy atom. The van der Waals surface area contributed by atoms with Crippen LogP contribution in [0.2, 0.25) is 0 Å². The molecule has 1 saturated carbocycles. The smallest absolute Gasteiger partial charge is 0.233 e. The van der Waals surface area contributed by atoms with Gasteiger partial charge in [0.25, 0.3) is 0 Å². The minimum Gasteiger partial charge on any atom is -0.233 e. The first-order chi connectivity index (χ1) is 14.8. The summed E-state index contributed by atoms with van der Waals surface area (Å²) in [6.45, 7) is 0. The van der Waals surface area contributed by atoms with Gasteiger partial charge in [0.1, 0.15) is 5.56 Å². The zero-order chi connectivity index (χ0) is 23.6. The topological polar surface area (TPSA) is 34.1 Å². The molecule has 2 aromatic carbocycles. The van der Waals surface area contributed by atoms with Crippen LogP contribution in [0.3, 0.4) is 0 Å². The van der Waals surface area contributed by atoms with E-state index in [2.05, 4.69) is 0 Å². The van der Waals surface area contributed by atoms with E-state index in [1.165, 1.54) is 12.1 Å². The van der Waals surface area contributed by atoms with Crippen LogP contribution in [0.1, 0.15) is 42.4 Å². The third-order valence-electron chi connectivity index (χ3n) is 5.98. The van der Waals surface area contributed by atoms with E-state index in [9.17, 15) is 43.5 Å². The summed E-state index contributed by atoms with van der Waals surface area (Å²) in [5, 5.41) is 0. The fourth-order valence-electron chi connectivity index (χ4n) is 4.14. The predicted octanol–water partition coefficient (Wildman–Crippen LogP) is 6.45. The summed E-state index contributed by atoms with van der Waals surface area (Å²) in [5.74, 6) is -9.34. The molecule has 1 fully saturated rings. The second kappa shape index (κ2) is 7.29. The van der Waals surface area contributed by atoms with Gasteiger partial charge in [-0.1, -0.05) is 12.1 Å². The van der Waals surface area contributed by atoms with Gasteiger partial charge in [-0.3, -0.25) is 0 Å². The third-order valence-corrected chi connectivity index (χ3v) is 7.26. The van der Waals surface area contributed by atoms with Crippen molar-refractivity contribution < 1.29 is 43.5 Å². The van der Waals surface area contributed by atoms with Crippen LogP contribution in [-0.4, -0.2) is 14.4 Å². The lowest BCUT2D eigenvalue weighted by Gasteiger charge is -2.16. The van der Waals surface area contributed by atoms with Crippen molar-refractivity contribution in [3.63, 3.8) is 0 Å². The molecule has 0 N–H and O–H groups in total. The van der Waals surface area contributed by atoms with E-state index in [-0.39, 0.29) is 34.4 Å². The van der Waals surface area contributed by atoms with Crippen LogP contribution < -0.4 is 0 Å². The molecule has 2 aliphatic rings. The van der Waals surface area contributed by atoms with Crippen LogP contribution in [0, 0.1) is 28.7 Å². The molecule has 2 aromatic rings. The molecule has 2 nitrogen and oxygen atoms in total. The lowest BCUT2D eigenvalue weighted by Crippen LogP contribution is -2.17. The lowest BCUT2D eigenvalue weighted by atomic mass is 9.94. The van der Waals surface area contributed by atoms with Crippen molar-refractivity contribution in [2.24, 2.45) is 5.41 Å². The first-order valence-electron chi connectivity index (χ1n) is 9.36. The molecule has 4 rings (SSSR count). The molecule has 0 aliphatic heterocycles. The Balaban J connectivity index is 1.90. The highest BCUT2D eigenvalue weighted by atomic mass is 32.2. The molecule has 0 amide bonds. The van der Waals surface area contributed by atoms with Crippen molar-refractivity contribution in [1.29, 1.82) is 0 Å². The van der Waals surface area contributed by atoms with Crippen molar-refractivity contribution in [1.82, 2.24) is 0 Å². The van der Waals surface area contributed by atoms with Gasteiger partial charge < -0.3 is 0 Å². The van der Waals surface area contributed by atoms with Gasteiger partial charge in [-0.2, -0.15) is 13.2 Å². The molecule has 32 heavy (non-hydrogen) atoms. The van der Waals surface area contributed by atoms with Crippen LogP contribution >= 0.6 is 0 Å². The average Bonchev–Trinajstić information content (AvgIpc) is 3.37. The van der Waals surface area contributed by atoms with Crippen molar-refractivity contribution >= 4 is 21.0 Å². The standard InChI is InChI=1S/C21H14F8O2S/c22-9-32(30,31)11-3-1-10(2-4-11)12-7-20(5-6-20)8-13(12)14-16(23)18(25)15(21(27,28)29)19(26)17(14)24/h1-4H,5-9H2. The molecular weight excluding hydrogens is 468 g/mol. The van der Waals surface area contributed by atoms with Crippen LogP contribution in [0.4, 0.5) is 35.1 Å². The second-order valence-electron chi connectivity index (χ2n) is 8.06. The summed E-state index contributed by atoms with van der Waals surface area (Å²) in [4.78, 5) is -0.339. The highest BCUT2D eigenvalue weighted by molar-refractivity contribution is 7.91. The van der Waals surface area contributed by atoms with Crippen molar-refractivity contribution in [3.8, 4) is 0 Å². The minimum absolute atomic E-state index is 0.00898. The van der Waals surface area contributed by atoms with Gasteiger partial charge in [0.15, 0.2) is 29.3 Å². The zero-order valence-electron chi connectivity index (χ0n) is 16.1. The van der Waals surface area contributed by atoms with Gasteiger partial charge in [0.05, 0.1) is 10.5 Å². The summed E-state index contributed by atoms with van der Waals surface area (Å²) >= 11 is 0. The second-order valence-corrected chi connectivity index (χ2v) is 9.98. The SMILES string of the molecule is O=S(=O)(CF)c1ccc(C2=C(c3c(F)c(F)c(C(F)(F)F)c(F)c3F)CC3(CC3)C2)cc1. The summed E-state index contributed by atoms with van der Waals surface area (Å²) in [5.41, 5.74) is -3.94. The molecule has 0 radical (unpaired) electrons. The van der Waals surface area contributed by atoms with E-state index in [4.69, 9.17) is 0 Å². The summed E-state index contributed by atoms with van der Waals surface area (Å²) in [7, 11) is -4.17. The third kappa shape index (κ3) is 3.60. The Morgan fingerprint density at radius 3 is 1.75 bits per heavy atom. The van der Waals surface area contributed by atoms with Gasteiger partial charge in [-0.05, 0) is 59.9 Å². The number of benzene rings is 2. The largest absolute Gasteiger partial charge is 0.422 e. The maximum atomic E-state index is 14.7. The van der Waals surface area contributed by atoms with Gasteiger partial charge in [-0.15, -0.1) is 0 Å². The normalized spacial score (nSPS) is 18.0. The monoisotopic (exact) mass is 482 g/mol. The highest BCUT2D eigenvalue weighted by Crippen LogP contribution is 2.64. The molecule has 0 aromatic heterocycles. The Hall–Kier alpha value is -2.43. The number of hydrogen-bond acceptors (Lipinski definition) is 2. The Bertz CT molecular complexity index is 1210. The first kappa shape index (κ1) is 22.8. The van der Waals surface area contributed by atoms with E-state index < -0.39 is 61.8 Å². The number of halogens is 8. The number of sulfone groups is 1. The number of alkyl halides is 4. The molecule has 0 heterocycles. The Morgan fingerprint density at radius 2 is 1.31 bits per heavy atom. The van der Waals surface area contributed by atoms with Crippen LogP contribution in [0.15, 0.2) is 29.2 Å². The van der Waals surface area contributed by atoms with E-state index in [1.807, 2.05) is 0 Å². The number of allylic oxidation sites excluding steroid dienone is 2. The van der Waals surface area contributed by atoms with Crippen molar-refractivity contribution in [2.45, 2.75) is 36.8 Å². The fraction of sp³-hybridized carbons (Fsp3) is 0.333. The van der Waals surface area contributed by atoms with Crippen molar-refractivity contribution in [2.75, 3.05) is 6.01 Å². The summed E-state index contributed by atoms with van der Waals surface area (Å²) in [6.07, 6.45) is -4.13. The van der Waals surface area contributed by atoms with E-state index in [0.717, 1.165) is 12.1 Å². The van der Waals surface area contributed by atoms with E-state index in [1.54, 1.807) is 0 Å². The quantitative estimate of drug-likeness (QED) is 0.371. The van der Waals surface area contributed by atoms with E-state index >= 15 is 0 Å². The predicted molar refractivity (Wildman–Crippen MR) is 98.6 cm³/mol. The average molecular weight is 482 g/mol. The van der Waals surface area contributed by atoms with Gasteiger partial charge >= 0.3 is 6.18 Å². The molecule has 0 atom stereocenters. The first-order valence-corrected chi connectivity index (χ1v) is 11.0. The van der Waals surface area contributed by atoms with Crippen LogP contribution in [0.25, 0.3) is 11.1 Å². The van der Waals surface area contributed by atoms with Gasteiger partial charge in [0, 0.05) is 0 Å². The molecule has 172 valence electrons. The highest BCUT2D eigenvalue weighted by Gasteiger charge is 2.50. The molecule has 1 spiro atoms. The molecule has 0 unspecified atom stereocenters. The van der Waals surface area contributed by atoms with Crippen LogP contribution in [-0.2, 0) is 16.0 Å². The molecule has 0 bridgehead atoms.